The van der Waals surface area contributed by atoms with Crippen LogP contribution in [0.3, 0.4) is 0 Å². The third-order valence-corrected chi connectivity index (χ3v) is 4.04. The van der Waals surface area contributed by atoms with Gasteiger partial charge in [0.15, 0.2) is 5.82 Å². The summed E-state index contributed by atoms with van der Waals surface area (Å²) in [6.45, 7) is 1.87. The lowest BCUT2D eigenvalue weighted by Crippen LogP contribution is -2.07. The van der Waals surface area contributed by atoms with Crippen LogP contribution in [0.1, 0.15) is 18.5 Å². The first-order valence-electron chi connectivity index (χ1n) is 5.50. The second-order valence-corrected chi connectivity index (χ2v) is 5.33. The van der Waals surface area contributed by atoms with E-state index in [1.54, 1.807) is 12.1 Å². The Morgan fingerprint density at radius 1 is 1.17 bits per heavy atom. The fourth-order valence-corrected chi connectivity index (χ4v) is 2.34. The van der Waals surface area contributed by atoms with Crippen LogP contribution < -0.4 is 5.73 Å². The fraction of sp³-hybridized carbons (Fsp3) is 0.143. The van der Waals surface area contributed by atoms with Crippen LogP contribution in [0.5, 0.6) is 0 Å². The van der Waals surface area contributed by atoms with Gasteiger partial charge in [-0.25, -0.2) is 4.39 Å². The Morgan fingerprint density at radius 2 is 1.83 bits per heavy atom. The molecule has 2 N–H and O–H groups in total. The molecule has 0 saturated heterocycles. The average Bonchev–Trinajstić information content (AvgIpc) is 2.36. The predicted molar refractivity (Wildman–Crippen MR) is 77.1 cm³/mol. The van der Waals surface area contributed by atoms with Crippen molar-refractivity contribution in [1.29, 1.82) is 0 Å². The summed E-state index contributed by atoms with van der Waals surface area (Å²) < 4.78 is 14.7. The Labute approximate surface area is 119 Å². The van der Waals surface area contributed by atoms with Crippen molar-refractivity contribution in [2.45, 2.75) is 13.0 Å². The molecule has 0 aliphatic carbocycles. The molecule has 2 aromatic carbocycles. The standard InChI is InChI=1S/C14H12BrClFN/c1-8(18)9-4-2-3-5-10(9)11-6-7-12(15)13(16)14(11)17/h2-8H,18H2,1H3. The van der Waals surface area contributed by atoms with Gasteiger partial charge in [0.2, 0.25) is 0 Å². The lowest BCUT2D eigenvalue weighted by atomic mass is 9.95. The van der Waals surface area contributed by atoms with Crippen LogP contribution in [0.4, 0.5) is 4.39 Å². The minimum Gasteiger partial charge on any atom is -0.324 e. The van der Waals surface area contributed by atoms with E-state index in [2.05, 4.69) is 15.9 Å². The molecule has 0 radical (unpaired) electrons. The van der Waals surface area contributed by atoms with Gasteiger partial charge in [0.1, 0.15) is 0 Å². The molecule has 1 nitrogen and oxygen atoms in total. The van der Waals surface area contributed by atoms with E-state index in [1.165, 1.54) is 0 Å². The van der Waals surface area contributed by atoms with E-state index in [1.807, 2.05) is 31.2 Å². The van der Waals surface area contributed by atoms with Gasteiger partial charge in [-0.3, -0.25) is 0 Å². The molecule has 0 aromatic heterocycles. The zero-order valence-electron chi connectivity index (χ0n) is 9.75. The van der Waals surface area contributed by atoms with Gasteiger partial charge in [-0.05, 0) is 40.0 Å². The van der Waals surface area contributed by atoms with E-state index >= 15 is 0 Å². The number of rotatable bonds is 2. The Hall–Kier alpha value is -0.900. The van der Waals surface area contributed by atoms with Gasteiger partial charge >= 0.3 is 0 Å². The second kappa shape index (κ2) is 5.39. The number of nitrogens with two attached hydrogens (primary N) is 1. The van der Waals surface area contributed by atoms with Crippen molar-refractivity contribution in [3.8, 4) is 11.1 Å². The SMILES string of the molecule is CC(N)c1ccccc1-c1ccc(Br)c(Cl)c1F. The van der Waals surface area contributed by atoms with Gasteiger partial charge in [-0.1, -0.05) is 41.9 Å². The van der Waals surface area contributed by atoms with Gasteiger partial charge in [-0.2, -0.15) is 0 Å². The summed E-state index contributed by atoms with van der Waals surface area (Å²) in [5, 5.41) is 0.0898. The van der Waals surface area contributed by atoms with Gasteiger partial charge in [0.25, 0.3) is 0 Å². The van der Waals surface area contributed by atoms with Crippen LogP contribution in [0.15, 0.2) is 40.9 Å². The molecule has 0 fully saturated rings. The fourth-order valence-electron chi connectivity index (χ4n) is 1.87. The number of hydrogen-bond acceptors (Lipinski definition) is 1. The Morgan fingerprint density at radius 3 is 2.50 bits per heavy atom. The highest BCUT2D eigenvalue weighted by molar-refractivity contribution is 9.10. The third-order valence-electron chi connectivity index (χ3n) is 2.78. The molecule has 0 aliphatic rings. The van der Waals surface area contributed by atoms with E-state index in [0.717, 1.165) is 11.1 Å². The molecule has 0 aliphatic heterocycles. The monoisotopic (exact) mass is 327 g/mol. The van der Waals surface area contributed by atoms with Gasteiger partial charge in [0, 0.05) is 16.1 Å². The Balaban J connectivity index is 2.66. The van der Waals surface area contributed by atoms with Crippen LogP contribution in [0.25, 0.3) is 11.1 Å². The molecular weight excluding hydrogens is 317 g/mol. The van der Waals surface area contributed by atoms with Crippen molar-refractivity contribution in [3.63, 3.8) is 0 Å². The lowest BCUT2D eigenvalue weighted by Gasteiger charge is -2.14. The molecule has 0 heterocycles. The summed E-state index contributed by atoms with van der Waals surface area (Å²) >= 11 is 9.12. The molecule has 4 heteroatoms. The summed E-state index contributed by atoms with van der Waals surface area (Å²) in [5.41, 5.74) is 8.05. The maximum atomic E-state index is 14.2. The number of benzene rings is 2. The molecular formula is C14H12BrClFN. The Kier molecular flexibility index (Phi) is 4.05. The molecule has 2 aromatic rings. The molecule has 18 heavy (non-hydrogen) atoms. The van der Waals surface area contributed by atoms with Crippen LogP contribution in [0.2, 0.25) is 5.02 Å². The average molecular weight is 329 g/mol. The van der Waals surface area contributed by atoms with Gasteiger partial charge in [-0.15, -0.1) is 0 Å². The van der Waals surface area contributed by atoms with E-state index in [4.69, 9.17) is 17.3 Å². The first-order valence-corrected chi connectivity index (χ1v) is 6.68. The quantitative estimate of drug-likeness (QED) is 0.777. The zero-order valence-corrected chi connectivity index (χ0v) is 12.1. The van der Waals surface area contributed by atoms with E-state index in [-0.39, 0.29) is 11.1 Å². The molecule has 1 unspecified atom stereocenters. The summed E-state index contributed by atoms with van der Waals surface area (Å²) in [6, 6.07) is 10.8. The largest absolute Gasteiger partial charge is 0.324 e. The predicted octanol–water partition coefficient (Wildman–Crippen LogP) is 4.93. The number of hydrogen-bond donors (Lipinski definition) is 1. The maximum absolute atomic E-state index is 14.2. The Bertz CT molecular complexity index is 584. The minimum atomic E-state index is -0.431. The second-order valence-electron chi connectivity index (χ2n) is 4.10. The molecule has 0 amide bonds. The zero-order chi connectivity index (χ0) is 13.3. The summed E-state index contributed by atoms with van der Waals surface area (Å²) in [7, 11) is 0. The third kappa shape index (κ3) is 2.44. The number of halogens is 3. The normalized spacial score (nSPS) is 12.5. The van der Waals surface area contributed by atoms with Crippen LogP contribution in [0, 0.1) is 5.82 Å². The summed E-state index contributed by atoms with van der Waals surface area (Å²) in [5.74, 6) is -0.431. The van der Waals surface area contributed by atoms with Gasteiger partial charge in [0.05, 0.1) is 5.02 Å². The van der Waals surface area contributed by atoms with E-state index in [9.17, 15) is 4.39 Å². The topological polar surface area (TPSA) is 26.0 Å². The first-order chi connectivity index (χ1) is 8.52. The van der Waals surface area contributed by atoms with Crippen molar-refractivity contribution in [3.05, 3.63) is 57.3 Å². The smallest absolute Gasteiger partial charge is 0.150 e. The molecule has 94 valence electrons. The van der Waals surface area contributed by atoms with Crippen molar-refractivity contribution in [2.24, 2.45) is 5.73 Å². The van der Waals surface area contributed by atoms with Crippen LogP contribution >= 0.6 is 27.5 Å². The van der Waals surface area contributed by atoms with Crippen LogP contribution in [-0.4, -0.2) is 0 Å². The maximum Gasteiger partial charge on any atom is 0.150 e. The molecule has 0 saturated carbocycles. The summed E-state index contributed by atoms with van der Waals surface area (Å²) in [4.78, 5) is 0. The van der Waals surface area contributed by atoms with Crippen molar-refractivity contribution in [1.82, 2.24) is 0 Å². The lowest BCUT2D eigenvalue weighted by molar-refractivity contribution is 0.630. The van der Waals surface area contributed by atoms with Crippen molar-refractivity contribution < 1.29 is 4.39 Å². The molecule has 1 atom stereocenters. The molecule has 2 rings (SSSR count). The summed E-state index contributed by atoms with van der Waals surface area (Å²) in [6.07, 6.45) is 0. The van der Waals surface area contributed by atoms with E-state index in [0.29, 0.717) is 10.0 Å². The van der Waals surface area contributed by atoms with Gasteiger partial charge < -0.3 is 5.73 Å². The highest BCUT2D eigenvalue weighted by Crippen LogP contribution is 2.35. The molecule has 0 bridgehead atoms. The minimum absolute atomic E-state index is 0.0898. The molecule has 0 spiro atoms. The van der Waals surface area contributed by atoms with Crippen molar-refractivity contribution >= 4 is 27.5 Å². The van der Waals surface area contributed by atoms with Crippen LogP contribution in [-0.2, 0) is 0 Å². The first kappa shape index (κ1) is 13.5. The van der Waals surface area contributed by atoms with Crippen molar-refractivity contribution in [2.75, 3.05) is 0 Å². The van der Waals surface area contributed by atoms with E-state index < -0.39 is 5.82 Å². The highest BCUT2D eigenvalue weighted by Gasteiger charge is 2.15. The highest BCUT2D eigenvalue weighted by atomic mass is 79.9.